The zero-order valence-electron chi connectivity index (χ0n) is 13.7. The summed E-state index contributed by atoms with van der Waals surface area (Å²) < 4.78 is 0. The first-order valence-electron chi connectivity index (χ1n) is 7.95. The Labute approximate surface area is 151 Å². The van der Waals surface area contributed by atoms with Crippen molar-refractivity contribution in [2.75, 3.05) is 5.32 Å². The Morgan fingerprint density at radius 3 is 2.36 bits per heavy atom. The van der Waals surface area contributed by atoms with Crippen molar-refractivity contribution >= 4 is 23.2 Å². The van der Waals surface area contributed by atoms with Crippen molar-refractivity contribution < 1.29 is 9.90 Å². The van der Waals surface area contributed by atoms with Gasteiger partial charge in [0.2, 0.25) is 0 Å². The lowest BCUT2D eigenvalue weighted by atomic mass is 9.99. The maximum atomic E-state index is 12.5. The zero-order chi connectivity index (χ0) is 17.8. The van der Waals surface area contributed by atoms with E-state index in [1.165, 1.54) is 0 Å². The molecule has 1 unspecified atom stereocenters. The number of amides is 1. The van der Waals surface area contributed by atoms with Crippen molar-refractivity contribution in [2.45, 2.75) is 13.0 Å². The van der Waals surface area contributed by atoms with Crippen molar-refractivity contribution in [1.82, 2.24) is 0 Å². The molecule has 1 atom stereocenters. The third-order valence-electron chi connectivity index (χ3n) is 3.99. The van der Waals surface area contributed by atoms with E-state index in [9.17, 15) is 9.90 Å². The summed E-state index contributed by atoms with van der Waals surface area (Å²) in [5, 5.41) is 14.1. The Morgan fingerprint density at radius 1 is 1.00 bits per heavy atom. The molecule has 25 heavy (non-hydrogen) atoms. The molecule has 2 N–H and O–H groups in total. The second kappa shape index (κ2) is 7.51. The van der Waals surface area contributed by atoms with Gasteiger partial charge in [-0.05, 0) is 42.8 Å². The fraction of sp³-hybridized carbons (Fsp3) is 0.0952. The minimum atomic E-state index is -0.881. The van der Waals surface area contributed by atoms with E-state index in [0.717, 1.165) is 11.1 Å². The number of benzene rings is 3. The fourth-order valence-electron chi connectivity index (χ4n) is 2.59. The molecule has 3 aromatic carbocycles. The number of hydrogen-bond acceptors (Lipinski definition) is 2. The number of rotatable bonds is 4. The van der Waals surface area contributed by atoms with Gasteiger partial charge in [-0.1, -0.05) is 59.6 Å². The molecule has 0 saturated heterocycles. The van der Waals surface area contributed by atoms with E-state index in [2.05, 4.69) is 5.32 Å². The van der Waals surface area contributed by atoms with E-state index in [4.69, 9.17) is 11.6 Å². The number of aryl methyl sites for hydroxylation is 1. The van der Waals surface area contributed by atoms with Crippen molar-refractivity contribution in [3.63, 3.8) is 0 Å². The Kier molecular flexibility index (Phi) is 5.17. The Bertz CT molecular complexity index is 876. The van der Waals surface area contributed by atoms with Crippen LogP contribution in [0.15, 0.2) is 72.8 Å². The predicted molar refractivity (Wildman–Crippen MR) is 101 cm³/mol. The van der Waals surface area contributed by atoms with Gasteiger partial charge in [-0.15, -0.1) is 0 Å². The van der Waals surface area contributed by atoms with E-state index in [0.29, 0.717) is 21.8 Å². The molecular formula is C21H18ClNO2. The first-order valence-corrected chi connectivity index (χ1v) is 8.33. The number of carbonyl (C=O) groups excluding carboxylic acids is 1. The summed E-state index contributed by atoms with van der Waals surface area (Å²) in [5.74, 6) is -0.233. The summed E-state index contributed by atoms with van der Waals surface area (Å²) in [5.41, 5.74) is 3.46. The molecule has 3 rings (SSSR count). The number of carbonyl (C=O) groups is 1. The van der Waals surface area contributed by atoms with Crippen LogP contribution in [0.2, 0.25) is 5.02 Å². The van der Waals surface area contributed by atoms with Crippen molar-refractivity contribution in [3.05, 3.63) is 100 Å². The molecule has 0 aromatic heterocycles. The highest BCUT2D eigenvalue weighted by molar-refractivity contribution is 6.30. The van der Waals surface area contributed by atoms with E-state index in [1.54, 1.807) is 30.3 Å². The Balaban J connectivity index is 1.91. The van der Waals surface area contributed by atoms with Crippen LogP contribution in [0.4, 0.5) is 5.69 Å². The largest absolute Gasteiger partial charge is 0.384 e. The number of aliphatic hydroxyl groups is 1. The van der Waals surface area contributed by atoms with E-state index >= 15 is 0 Å². The van der Waals surface area contributed by atoms with Gasteiger partial charge in [0, 0.05) is 21.8 Å². The van der Waals surface area contributed by atoms with Gasteiger partial charge in [0.05, 0.1) is 0 Å². The van der Waals surface area contributed by atoms with Crippen LogP contribution in [0, 0.1) is 6.92 Å². The summed E-state index contributed by atoms with van der Waals surface area (Å²) in [6.07, 6.45) is -0.881. The molecule has 4 heteroatoms. The average molecular weight is 352 g/mol. The zero-order valence-corrected chi connectivity index (χ0v) is 14.5. The Morgan fingerprint density at radius 2 is 1.68 bits per heavy atom. The number of aliphatic hydroxyl groups excluding tert-OH is 1. The summed E-state index contributed by atoms with van der Waals surface area (Å²) in [6.45, 7) is 1.97. The molecular weight excluding hydrogens is 334 g/mol. The van der Waals surface area contributed by atoms with Crippen LogP contribution < -0.4 is 5.32 Å². The van der Waals surface area contributed by atoms with Gasteiger partial charge in [-0.25, -0.2) is 0 Å². The van der Waals surface area contributed by atoms with Gasteiger partial charge in [0.1, 0.15) is 6.10 Å². The van der Waals surface area contributed by atoms with Crippen LogP contribution in [-0.4, -0.2) is 11.0 Å². The monoisotopic (exact) mass is 351 g/mol. The molecule has 0 saturated carbocycles. The van der Waals surface area contributed by atoms with E-state index < -0.39 is 6.10 Å². The highest BCUT2D eigenvalue weighted by Crippen LogP contribution is 2.31. The van der Waals surface area contributed by atoms with Crippen molar-refractivity contribution in [1.29, 1.82) is 0 Å². The van der Waals surface area contributed by atoms with Gasteiger partial charge < -0.3 is 10.4 Å². The lowest BCUT2D eigenvalue weighted by Crippen LogP contribution is -2.14. The number of nitrogens with one attached hydrogen (secondary N) is 1. The first kappa shape index (κ1) is 17.2. The van der Waals surface area contributed by atoms with Crippen LogP contribution in [-0.2, 0) is 0 Å². The normalized spacial score (nSPS) is 11.8. The van der Waals surface area contributed by atoms with Crippen molar-refractivity contribution in [3.8, 4) is 0 Å². The summed E-state index contributed by atoms with van der Waals surface area (Å²) in [4.78, 5) is 12.5. The van der Waals surface area contributed by atoms with Gasteiger partial charge in [-0.2, -0.15) is 0 Å². The molecule has 3 aromatic rings. The van der Waals surface area contributed by atoms with Gasteiger partial charge in [0.25, 0.3) is 5.91 Å². The quantitative estimate of drug-likeness (QED) is 0.696. The summed E-state index contributed by atoms with van der Waals surface area (Å²) >= 11 is 6.10. The fourth-order valence-corrected chi connectivity index (χ4v) is 2.77. The smallest absolute Gasteiger partial charge is 0.255 e. The molecule has 0 aliphatic heterocycles. The minimum Gasteiger partial charge on any atom is -0.384 e. The minimum absolute atomic E-state index is 0.233. The van der Waals surface area contributed by atoms with Crippen LogP contribution in [0.25, 0.3) is 0 Å². The van der Waals surface area contributed by atoms with Crippen LogP contribution in [0.5, 0.6) is 0 Å². The third kappa shape index (κ3) is 4.08. The third-order valence-corrected chi connectivity index (χ3v) is 4.22. The lowest BCUT2D eigenvalue weighted by Gasteiger charge is -2.17. The molecule has 0 aliphatic rings. The number of halogens is 1. The lowest BCUT2D eigenvalue weighted by molar-refractivity contribution is 0.102. The molecule has 3 nitrogen and oxygen atoms in total. The molecule has 0 aliphatic carbocycles. The van der Waals surface area contributed by atoms with Gasteiger partial charge in [0.15, 0.2) is 0 Å². The second-order valence-corrected chi connectivity index (χ2v) is 6.30. The van der Waals surface area contributed by atoms with E-state index in [-0.39, 0.29) is 5.91 Å². The summed E-state index contributed by atoms with van der Waals surface area (Å²) in [6, 6.07) is 21.6. The molecule has 0 heterocycles. The molecule has 0 spiro atoms. The predicted octanol–water partition coefficient (Wildman–Crippen LogP) is 4.98. The Hall–Kier alpha value is -2.62. The number of hydrogen-bond donors (Lipinski definition) is 2. The highest BCUT2D eigenvalue weighted by Gasteiger charge is 2.17. The van der Waals surface area contributed by atoms with E-state index in [1.807, 2.05) is 49.4 Å². The highest BCUT2D eigenvalue weighted by atomic mass is 35.5. The maximum absolute atomic E-state index is 12.5. The molecule has 0 bridgehead atoms. The first-order chi connectivity index (χ1) is 12.0. The van der Waals surface area contributed by atoms with Gasteiger partial charge >= 0.3 is 0 Å². The SMILES string of the molecule is Cc1ccc(C(=O)Nc2ccc(Cl)cc2C(O)c2ccccc2)cc1. The average Bonchev–Trinajstić information content (AvgIpc) is 2.64. The molecule has 1 amide bonds. The maximum Gasteiger partial charge on any atom is 0.255 e. The number of anilines is 1. The second-order valence-electron chi connectivity index (χ2n) is 5.86. The standard InChI is InChI=1S/C21H18ClNO2/c1-14-7-9-16(10-8-14)21(25)23-19-12-11-17(22)13-18(19)20(24)15-5-3-2-4-6-15/h2-13,20,24H,1H3,(H,23,25). The van der Waals surface area contributed by atoms with Crippen LogP contribution in [0.1, 0.15) is 33.2 Å². The van der Waals surface area contributed by atoms with Crippen LogP contribution in [0.3, 0.4) is 0 Å². The van der Waals surface area contributed by atoms with Crippen LogP contribution >= 0.6 is 11.6 Å². The topological polar surface area (TPSA) is 49.3 Å². The van der Waals surface area contributed by atoms with Crippen molar-refractivity contribution in [2.24, 2.45) is 0 Å². The summed E-state index contributed by atoms with van der Waals surface area (Å²) in [7, 11) is 0. The molecule has 0 radical (unpaired) electrons. The molecule has 126 valence electrons. The van der Waals surface area contributed by atoms with Gasteiger partial charge in [-0.3, -0.25) is 4.79 Å². The molecule has 0 fully saturated rings.